The first-order valence-electron chi connectivity index (χ1n) is 16.7. The van der Waals surface area contributed by atoms with E-state index in [-0.39, 0.29) is 6.10 Å². The summed E-state index contributed by atoms with van der Waals surface area (Å²) in [6.45, 7) is 0. The summed E-state index contributed by atoms with van der Waals surface area (Å²) < 4.78 is 13.2. The lowest BCUT2D eigenvalue weighted by atomic mass is 9.95. The number of rotatable bonds is 5. The van der Waals surface area contributed by atoms with Crippen molar-refractivity contribution >= 4 is 27.4 Å². The number of hydrogen-bond donors (Lipinski definition) is 0. The molecule has 2 aliphatic rings. The zero-order valence-electron chi connectivity index (χ0n) is 26.8. The van der Waals surface area contributed by atoms with Gasteiger partial charge in [-0.3, -0.25) is 0 Å². The number of benzene rings is 6. The molecule has 0 saturated heterocycles. The number of fused-ring (bicyclic) bond motifs is 6. The molecule has 0 amide bonds. The molecule has 1 aliphatic carbocycles. The Morgan fingerprint density at radius 2 is 1.18 bits per heavy atom. The lowest BCUT2D eigenvalue weighted by molar-refractivity contribution is 0.279. The molecule has 0 fully saturated rings. The molecule has 0 spiro atoms. The molecule has 6 heteroatoms. The van der Waals surface area contributed by atoms with Gasteiger partial charge in [0.15, 0.2) is 23.1 Å². The number of nitrogens with zero attached hydrogens (tertiary/aromatic N) is 4. The van der Waals surface area contributed by atoms with E-state index in [0.717, 1.165) is 61.8 Å². The molecule has 3 heterocycles. The van der Waals surface area contributed by atoms with Crippen LogP contribution in [0, 0.1) is 0 Å². The number of oxazole rings is 1. The van der Waals surface area contributed by atoms with Crippen LogP contribution in [-0.4, -0.2) is 26.0 Å². The zero-order valence-corrected chi connectivity index (χ0v) is 26.8. The first kappa shape index (κ1) is 28.4. The van der Waals surface area contributed by atoms with E-state index in [1.54, 1.807) is 0 Å². The highest BCUT2D eigenvalue weighted by atomic mass is 16.5. The zero-order chi connectivity index (χ0) is 33.0. The monoisotopic (exact) mass is 644 g/mol. The largest absolute Gasteiger partial charge is 0.485 e. The Labute approximate surface area is 288 Å². The van der Waals surface area contributed by atoms with Crippen LogP contribution in [-0.2, 0) is 0 Å². The van der Waals surface area contributed by atoms with E-state index in [0.29, 0.717) is 34.5 Å². The second kappa shape index (κ2) is 11.5. The fraction of sp³-hybridized carbons (Fsp3) is 0.0455. The van der Waals surface area contributed by atoms with Crippen molar-refractivity contribution in [2.24, 2.45) is 0 Å². The standard InChI is InChI=1S/C44H28N4O2/c1-4-12-27(13-5-1)31-22-20-28-21-23-32(25-33(28)24-31)42-46-41(29-14-6-2-7-15-29)47-43(48-42)35-26-37-38(34-18-10-11-19-36(34)49-37)39-40(35)50-44(45-39)30-16-8-3-9-17-30/h1-18,20-26,36H,19H2. The fourth-order valence-electron chi connectivity index (χ4n) is 6.95. The Bertz CT molecular complexity index is 2650. The molecule has 6 nitrogen and oxygen atoms in total. The number of allylic oxidation sites excluding steroid dienone is 2. The van der Waals surface area contributed by atoms with Gasteiger partial charge in [-0.25, -0.2) is 19.9 Å². The predicted octanol–water partition coefficient (Wildman–Crippen LogP) is 10.6. The van der Waals surface area contributed by atoms with Gasteiger partial charge >= 0.3 is 0 Å². The summed E-state index contributed by atoms with van der Waals surface area (Å²) in [6.07, 6.45) is 7.06. The summed E-state index contributed by atoms with van der Waals surface area (Å²) >= 11 is 0. The average molecular weight is 645 g/mol. The first-order valence-corrected chi connectivity index (χ1v) is 16.7. The van der Waals surface area contributed by atoms with Crippen molar-refractivity contribution in [1.29, 1.82) is 0 Å². The van der Waals surface area contributed by atoms with Gasteiger partial charge in [-0.05, 0) is 52.2 Å². The summed E-state index contributed by atoms with van der Waals surface area (Å²) in [4.78, 5) is 20.3. The lowest BCUT2D eigenvalue weighted by Gasteiger charge is -2.12. The Morgan fingerprint density at radius 1 is 0.540 bits per heavy atom. The highest BCUT2D eigenvalue weighted by molar-refractivity contribution is 6.02. The van der Waals surface area contributed by atoms with Crippen molar-refractivity contribution in [2.75, 3.05) is 0 Å². The van der Waals surface area contributed by atoms with Crippen LogP contribution in [0.4, 0.5) is 0 Å². The summed E-state index contributed by atoms with van der Waals surface area (Å²) in [5.74, 6) is 2.91. The first-order chi connectivity index (χ1) is 24.7. The van der Waals surface area contributed by atoms with Crippen molar-refractivity contribution in [2.45, 2.75) is 12.5 Å². The molecule has 1 atom stereocenters. The van der Waals surface area contributed by atoms with Crippen LogP contribution in [0.3, 0.4) is 0 Å². The quantitative estimate of drug-likeness (QED) is 0.186. The van der Waals surface area contributed by atoms with Crippen LogP contribution in [0.2, 0.25) is 0 Å². The van der Waals surface area contributed by atoms with Gasteiger partial charge in [-0.15, -0.1) is 0 Å². The third-order valence-corrected chi connectivity index (χ3v) is 9.43. The Kier molecular flexibility index (Phi) is 6.52. The number of hydrogen-bond acceptors (Lipinski definition) is 6. The van der Waals surface area contributed by atoms with Crippen molar-refractivity contribution in [3.8, 4) is 62.5 Å². The number of ether oxygens (including phenoxy) is 1. The molecular weight excluding hydrogens is 617 g/mol. The highest BCUT2D eigenvalue weighted by Crippen LogP contribution is 2.48. The van der Waals surface area contributed by atoms with E-state index >= 15 is 0 Å². The maximum Gasteiger partial charge on any atom is 0.227 e. The minimum atomic E-state index is -0.0718. The van der Waals surface area contributed by atoms with Crippen molar-refractivity contribution < 1.29 is 9.15 Å². The Hall–Kier alpha value is -6.66. The molecule has 10 rings (SSSR count). The second-order valence-electron chi connectivity index (χ2n) is 12.6. The van der Waals surface area contributed by atoms with Gasteiger partial charge in [-0.1, -0.05) is 121 Å². The smallest absolute Gasteiger partial charge is 0.227 e. The van der Waals surface area contributed by atoms with Crippen LogP contribution in [0.5, 0.6) is 5.75 Å². The highest BCUT2D eigenvalue weighted by Gasteiger charge is 2.34. The molecule has 2 aromatic heterocycles. The van der Waals surface area contributed by atoms with Gasteiger partial charge in [0.2, 0.25) is 5.89 Å². The number of aromatic nitrogens is 4. The van der Waals surface area contributed by atoms with E-state index in [2.05, 4.69) is 78.9 Å². The van der Waals surface area contributed by atoms with E-state index in [1.165, 1.54) is 5.56 Å². The molecule has 1 unspecified atom stereocenters. The molecule has 1 aliphatic heterocycles. The Balaban J connectivity index is 1.19. The SMILES string of the molecule is C1=CCC2Oc3cc(-c4nc(-c5ccccc5)nc(-c5ccc6ccc(-c7ccccc7)cc6c5)n4)c4oc(-c5ccccc5)nc4c3C2=C1. The van der Waals surface area contributed by atoms with Crippen molar-refractivity contribution in [3.63, 3.8) is 0 Å². The summed E-state index contributed by atoms with van der Waals surface area (Å²) in [5.41, 5.74) is 9.13. The van der Waals surface area contributed by atoms with Crippen LogP contribution in [0.25, 0.3) is 84.2 Å². The van der Waals surface area contributed by atoms with E-state index < -0.39 is 0 Å². The molecule has 0 N–H and O–H groups in total. The molecule has 0 saturated carbocycles. The molecular formula is C44H28N4O2. The van der Waals surface area contributed by atoms with E-state index in [4.69, 9.17) is 29.1 Å². The minimum absolute atomic E-state index is 0.0718. The predicted molar refractivity (Wildman–Crippen MR) is 198 cm³/mol. The maximum absolute atomic E-state index is 6.64. The van der Waals surface area contributed by atoms with Crippen molar-refractivity contribution in [3.05, 3.63) is 157 Å². The lowest BCUT2D eigenvalue weighted by Crippen LogP contribution is -2.12. The molecule has 6 aromatic carbocycles. The minimum Gasteiger partial charge on any atom is -0.485 e. The van der Waals surface area contributed by atoms with Gasteiger partial charge in [0.1, 0.15) is 17.4 Å². The second-order valence-corrected chi connectivity index (χ2v) is 12.6. The average Bonchev–Trinajstić information content (AvgIpc) is 3.80. The van der Waals surface area contributed by atoms with Gasteiger partial charge < -0.3 is 9.15 Å². The van der Waals surface area contributed by atoms with Gasteiger partial charge in [0, 0.05) is 28.7 Å². The summed E-state index contributed by atoms with van der Waals surface area (Å²) in [7, 11) is 0. The summed E-state index contributed by atoms with van der Waals surface area (Å²) in [6, 6.07) is 45.3. The molecule has 50 heavy (non-hydrogen) atoms. The maximum atomic E-state index is 6.64. The van der Waals surface area contributed by atoms with E-state index in [9.17, 15) is 0 Å². The van der Waals surface area contributed by atoms with Gasteiger partial charge in [-0.2, -0.15) is 0 Å². The fourth-order valence-corrected chi connectivity index (χ4v) is 6.95. The molecule has 0 radical (unpaired) electrons. The van der Waals surface area contributed by atoms with Crippen molar-refractivity contribution in [1.82, 2.24) is 19.9 Å². The van der Waals surface area contributed by atoms with Crippen LogP contribution >= 0.6 is 0 Å². The third kappa shape index (κ3) is 4.80. The van der Waals surface area contributed by atoms with Gasteiger partial charge in [0.25, 0.3) is 0 Å². The molecule has 8 aromatic rings. The third-order valence-electron chi connectivity index (χ3n) is 9.43. The van der Waals surface area contributed by atoms with Gasteiger partial charge in [0.05, 0.1) is 11.1 Å². The van der Waals surface area contributed by atoms with Crippen LogP contribution in [0.1, 0.15) is 12.0 Å². The molecule has 236 valence electrons. The van der Waals surface area contributed by atoms with Crippen LogP contribution in [0.15, 0.2) is 156 Å². The van der Waals surface area contributed by atoms with Crippen LogP contribution < -0.4 is 4.74 Å². The Morgan fingerprint density at radius 3 is 1.94 bits per heavy atom. The summed E-state index contributed by atoms with van der Waals surface area (Å²) in [5, 5.41) is 2.25. The normalized spacial score (nSPS) is 14.7. The topological polar surface area (TPSA) is 73.9 Å². The van der Waals surface area contributed by atoms with E-state index in [1.807, 2.05) is 72.8 Å². The molecule has 0 bridgehead atoms.